The zero-order valence-corrected chi connectivity index (χ0v) is 15.5. The average molecular weight is 406 g/mol. The minimum atomic E-state index is 0. The molecule has 21 heavy (non-hydrogen) atoms. The Hall–Kier alpha value is -0.790. The Balaban J connectivity index is 0.00000220. The summed E-state index contributed by atoms with van der Waals surface area (Å²) in [5.74, 6) is 2.62. The topological polar surface area (TPSA) is 53.7 Å². The molecule has 0 amide bonds. The lowest BCUT2D eigenvalue weighted by molar-refractivity contribution is 0.250. The van der Waals surface area contributed by atoms with E-state index in [2.05, 4.69) is 34.3 Å². The van der Waals surface area contributed by atoms with Crippen molar-refractivity contribution in [2.45, 2.75) is 39.2 Å². The molecule has 0 aromatic carbocycles. The minimum Gasteiger partial charge on any atom is -0.364 e. The molecule has 1 aliphatic rings. The lowest BCUT2D eigenvalue weighted by Crippen LogP contribution is -2.41. The quantitative estimate of drug-likeness (QED) is 0.474. The standard InChI is InChI=1S/C15H26N4O.HI/c1-12-4-6-13(7-5-12)11-19(3)15(16-2)17-10-14-8-9-20-18-14;/h8-9,12-13H,4-7,10-11H2,1-3H3,(H,16,17);1H. The number of guanidine groups is 1. The largest absolute Gasteiger partial charge is 0.364 e. The van der Waals surface area contributed by atoms with Crippen molar-refractivity contribution in [1.29, 1.82) is 0 Å². The van der Waals surface area contributed by atoms with Crippen LogP contribution in [0.15, 0.2) is 21.8 Å². The molecule has 1 aromatic rings. The highest BCUT2D eigenvalue weighted by Crippen LogP contribution is 2.28. The van der Waals surface area contributed by atoms with Crippen LogP contribution in [0, 0.1) is 11.8 Å². The van der Waals surface area contributed by atoms with Crippen LogP contribution in [0.4, 0.5) is 0 Å². The molecule has 0 aliphatic heterocycles. The molecule has 0 bridgehead atoms. The van der Waals surface area contributed by atoms with Gasteiger partial charge in [-0.2, -0.15) is 0 Å². The van der Waals surface area contributed by atoms with E-state index in [1.165, 1.54) is 25.7 Å². The van der Waals surface area contributed by atoms with E-state index in [-0.39, 0.29) is 24.0 Å². The highest BCUT2D eigenvalue weighted by molar-refractivity contribution is 14.0. The molecular weight excluding hydrogens is 379 g/mol. The van der Waals surface area contributed by atoms with E-state index >= 15 is 0 Å². The molecule has 120 valence electrons. The van der Waals surface area contributed by atoms with Crippen molar-refractivity contribution in [3.8, 4) is 0 Å². The molecule has 6 heteroatoms. The van der Waals surface area contributed by atoms with Crippen molar-refractivity contribution < 1.29 is 4.52 Å². The molecule has 1 aromatic heterocycles. The van der Waals surface area contributed by atoms with Gasteiger partial charge in [0.25, 0.3) is 0 Å². The number of rotatable bonds is 4. The molecular formula is C15H27IN4O. The number of aromatic nitrogens is 1. The molecule has 1 saturated carbocycles. The zero-order valence-electron chi connectivity index (χ0n) is 13.2. The first-order chi connectivity index (χ1) is 9.69. The average Bonchev–Trinajstić information content (AvgIpc) is 2.95. The van der Waals surface area contributed by atoms with Crippen molar-refractivity contribution in [3.05, 3.63) is 18.0 Å². The highest BCUT2D eigenvalue weighted by Gasteiger charge is 2.20. The Morgan fingerprint density at radius 1 is 1.43 bits per heavy atom. The van der Waals surface area contributed by atoms with Gasteiger partial charge in [0.15, 0.2) is 5.96 Å². The molecule has 0 atom stereocenters. The summed E-state index contributed by atoms with van der Waals surface area (Å²) in [6.07, 6.45) is 7.00. The molecule has 0 spiro atoms. The molecule has 1 fully saturated rings. The summed E-state index contributed by atoms with van der Waals surface area (Å²) < 4.78 is 4.83. The summed E-state index contributed by atoms with van der Waals surface area (Å²) in [5, 5.41) is 7.22. The van der Waals surface area contributed by atoms with E-state index in [0.717, 1.165) is 30.0 Å². The van der Waals surface area contributed by atoms with Crippen LogP contribution in [0.2, 0.25) is 0 Å². The summed E-state index contributed by atoms with van der Waals surface area (Å²) in [6.45, 7) is 4.08. The SMILES string of the molecule is CN=C(NCc1ccon1)N(C)CC1CCC(C)CC1.I. The van der Waals surface area contributed by atoms with Gasteiger partial charge >= 0.3 is 0 Å². The number of aliphatic imine (C=N–C) groups is 1. The Kier molecular flexibility index (Phi) is 8.06. The predicted octanol–water partition coefficient (Wildman–Crippen LogP) is 3.13. The van der Waals surface area contributed by atoms with Crippen molar-refractivity contribution in [3.63, 3.8) is 0 Å². The first-order valence-electron chi connectivity index (χ1n) is 7.50. The summed E-state index contributed by atoms with van der Waals surface area (Å²) in [5.41, 5.74) is 0.894. The maximum Gasteiger partial charge on any atom is 0.193 e. The molecule has 0 saturated heterocycles. The van der Waals surface area contributed by atoms with Crippen LogP contribution in [-0.4, -0.2) is 36.7 Å². The summed E-state index contributed by atoms with van der Waals surface area (Å²) in [7, 11) is 3.93. The third-order valence-corrected chi connectivity index (χ3v) is 4.16. The molecule has 0 unspecified atom stereocenters. The van der Waals surface area contributed by atoms with Gasteiger partial charge in [0.05, 0.1) is 6.54 Å². The third kappa shape index (κ3) is 5.84. The van der Waals surface area contributed by atoms with E-state index in [9.17, 15) is 0 Å². The number of halogens is 1. The zero-order chi connectivity index (χ0) is 14.4. The van der Waals surface area contributed by atoms with Gasteiger partial charge in [0.2, 0.25) is 0 Å². The van der Waals surface area contributed by atoms with Crippen molar-refractivity contribution in [2.24, 2.45) is 16.8 Å². The maximum atomic E-state index is 4.83. The van der Waals surface area contributed by atoms with Crippen LogP contribution in [0.5, 0.6) is 0 Å². The Morgan fingerprint density at radius 3 is 2.71 bits per heavy atom. The highest BCUT2D eigenvalue weighted by atomic mass is 127. The monoisotopic (exact) mass is 406 g/mol. The smallest absolute Gasteiger partial charge is 0.193 e. The van der Waals surface area contributed by atoms with E-state index in [0.29, 0.717) is 6.54 Å². The Bertz CT molecular complexity index is 413. The maximum absolute atomic E-state index is 4.83. The van der Waals surface area contributed by atoms with E-state index in [1.807, 2.05) is 13.1 Å². The van der Waals surface area contributed by atoms with Gasteiger partial charge in [0, 0.05) is 26.7 Å². The summed E-state index contributed by atoms with van der Waals surface area (Å²) >= 11 is 0. The normalized spacial score (nSPS) is 22.5. The van der Waals surface area contributed by atoms with Gasteiger partial charge in [-0.25, -0.2) is 0 Å². The first-order valence-corrected chi connectivity index (χ1v) is 7.50. The number of nitrogens with zero attached hydrogens (tertiary/aromatic N) is 3. The lowest BCUT2D eigenvalue weighted by Gasteiger charge is -2.31. The van der Waals surface area contributed by atoms with Gasteiger partial charge in [-0.05, 0) is 24.7 Å². The molecule has 2 rings (SSSR count). The predicted molar refractivity (Wildman–Crippen MR) is 95.9 cm³/mol. The van der Waals surface area contributed by atoms with Crippen molar-refractivity contribution in [1.82, 2.24) is 15.4 Å². The molecule has 1 aliphatic carbocycles. The molecule has 1 N–H and O–H groups in total. The number of nitrogens with one attached hydrogen (secondary N) is 1. The van der Waals surface area contributed by atoms with Crippen molar-refractivity contribution in [2.75, 3.05) is 20.6 Å². The molecule has 1 heterocycles. The fraction of sp³-hybridized carbons (Fsp3) is 0.733. The van der Waals surface area contributed by atoms with Gasteiger partial charge in [-0.15, -0.1) is 24.0 Å². The Morgan fingerprint density at radius 2 is 2.14 bits per heavy atom. The first kappa shape index (κ1) is 18.3. The number of hydrogen-bond donors (Lipinski definition) is 1. The fourth-order valence-corrected chi connectivity index (χ4v) is 2.87. The van der Waals surface area contributed by atoms with E-state index in [1.54, 1.807) is 6.26 Å². The summed E-state index contributed by atoms with van der Waals surface area (Å²) in [6, 6.07) is 1.86. The van der Waals surface area contributed by atoms with E-state index < -0.39 is 0 Å². The Labute approximate surface area is 144 Å². The number of hydrogen-bond acceptors (Lipinski definition) is 3. The van der Waals surface area contributed by atoms with Crippen LogP contribution in [-0.2, 0) is 6.54 Å². The van der Waals surface area contributed by atoms with E-state index in [4.69, 9.17) is 4.52 Å². The fourth-order valence-electron chi connectivity index (χ4n) is 2.87. The third-order valence-electron chi connectivity index (χ3n) is 4.16. The van der Waals surface area contributed by atoms with Crippen LogP contribution in [0.3, 0.4) is 0 Å². The van der Waals surface area contributed by atoms with Gasteiger partial charge < -0.3 is 14.7 Å². The summed E-state index contributed by atoms with van der Waals surface area (Å²) in [4.78, 5) is 6.56. The molecule has 0 radical (unpaired) electrons. The van der Waals surface area contributed by atoms with Gasteiger partial charge in [0.1, 0.15) is 12.0 Å². The van der Waals surface area contributed by atoms with Crippen LogP contribution in [0.25, 0.3) is 0 Å². The van der Waals surface area contributed by atoms with Gasteiger partial charge in [-0.1, -0.05) is 24.9 Å². The van der Waals surface area contributed by atoms with Crippen molar-refractivity contribution >= 4 is 29.9 Å². The molecule has 5 nitrogen and oxygen atoms in total. The minimum absolute atomic E-state index is 0. The lowest BCUT2D eigenvalue weighted by atomic mass is 9.83. The van der Waals surface area contributed by atoms with Crippen LogP contribution in [0.1, 0.15) is 38.3 Å². The van der Waals surface area contributed by atoms with Crippen LogP contribution >= 0.6 is 24.0 Å². The van der Waals surface area contributed by atoms with Gasteiger partial charge in [-0.3, -0.25) is 4.99 Å². The van der Waals surface area contributed by atoms with Crippen LogP contribution < -0.4 is 5.32 Å². The second-order valence-electron chi connectivity index (χ2n) is 5.90. The second kappa shape index (κ2) is 9.27. The second-order valence-corrected chi connectivity index (χ2v) is 5.90.